The first-order valence-corrected chi connectivity index (χ1v) is 6.43. The lowest BCUT2D eigenvalue weighted by molar-refractivity contribution is 1.33. The van der Waals surface area contributed by atoms with Crippen LogP contribution in [0.15, 0.2) is 53.5 Å². The minimum Gasteiger partial charge on any atom is -0.121 e. The third-order valence-electron chi connectivity index (χ3n) is 2.67. The van der Waals surface area contributed by atoms with Crippen LogP contribution in [0.2, 0.25) is 0 Å². The van der Waals surface area contributed by atoms with Crippen LogP contribution in [0.1, 0.15) is 18.1 Å². The van der Waals surface area contributed by atoms with Gasteiger partial charge in [-0.1, -0.05) is 42.5 Å². The summed E-state index contributed by atoms with van der Waals surface area (Å²) in [4.78, 5) is 1.33. The number of hydrogen-bond donors (Lipinski definition) is 0. The summed E-state index contributed by atoms with van der Waals surface area (Å²) in [6.45, 7) is 8.40. The van der Waals surface area contributed by atoms with Crippen molar-refractivity contribution in [3.8, 4) is 0 Å². The van der Waals surface area contributed by atoms with Crippen molar-refractivity contribution in [3.05, 3.63) is 59.7 Å². The summed E-state index contributed by atoms with van der Waals surface area (Å²) < 4.78 is 0. The number of fused-ring (bicyclic) bond motifs is 1. The van der Waals surface area contributed by atoms with Gasteiger partial charge in [0, 0.05) is 10.6 Å². The number of hydrogen-bond acceptors (Lipinski definition) is 1. The van der Waals surface area contributed by atoms with E-state index in [2.05, 4.69) is 56.9 Å². The van der Waals surface area contributed by atoms with E-state index in [1.807, 2.05) is 11.8 Å². The molecule has 1 heteroatoms. The lowest BCUT2D eigenvalue weighted by Crippen LogP contribution is -1.86. The zero-order valence-corrected chi connectivity index (χ0v) is 10.6. The Hall–Kier alpha value is -1.21. The molecular formula is C15H16S. The van der Waals surface area contributed by atoms with Gasteiger partial charge >= 0.3 is 0 Å². The van der Waals surface area contributed by atoms with Gasteiger partial charge < -0.3 is 0 Å². The molecule has 0 saturated heterocycles. The summed E-state index contributed by atoms with van der Waals surface area (Å²) in [6.07, 6.45) is 6.50. The van der Waals surface area contributed by atoms with Crippen LogP contribution in [-0.2, 0) is 0 Å². The highest BCUT2D eigenvalue weighted by Gasteiger charge is 2.06. The maximum atomic E-state index is 4.14. The van der Waals surface area contributed by atoms with Crippen molar-refractivity contribution in [3.63, 3.8) is 0 Å². The van der Waals surface area contributed by atoms with E-state index in [0.29, 0.717) is 0 Å². The smallest absolute Gasteiger partial charge is 0.0166 e. The van der Waals surface area contributed by atoms with E-state index in [0.717, 1.165) is 11.3 Å². The summed E-state index contributed by atoms with van der Waals surface area (Å²) in [6, 6.07) is 6.56. The summed E-state index contributed by atoms with van der Waals surface area (Å²) >= 11 is 1.88. The van der Waals surface area contributed by atoms with Crippen LogP contribution in [-0.4, -0.2) is 5.75 Å². The number of rotatable bonds is 0. The molecule has 1 aromatic rings. The second-order valence-electron chi connectivity index (χ2n) is 4.12. The molecule has 0 nitrogen and oxygen atoms in total. The van der Waals surface area contributed by atoms with Gasteiger partial charge in [0.05, 0.1) is 0 Å². The zero-order chi connectivity index (χ0) is 11.5. The van der Waals surface area contributed by atoms with Crippen molar-refractivity contribution in [2.24, 2.45) is 0 Å². The van der Waals surface area contributed by atoms with Crippen LogP contribution in [0.3, 0.4) is 0 Å². The van der Waals surface area contributed by atoms with Crippen LogP contribution in [0, 0.1) is 6.92 Å². The average Bonchev–Trinajstić information content (AvgIpc) is 2.31. The lowest BCUT2D eigenvalue weighted by Gasteiger charge is -2.08. The molecule has 0 aliphatic carbocycles. The van der Waals surface area contributed by atoms with Crippen LogP contribution in [0.4, 0.5) is 0 Å². The lowest BCUT2D eigenvalue weighted by atomic mass is 10.0. The molecule has 0 bridgehead atoms. The van der Waals surface area contributed by atoms with Gasteiger partial charge in [-0.2, -0.15) is 0 Å². The Morgan fingerprint density at radius 3 is 2.81 bits per heavy atom. The Balaban J connectivity index is 2.47. The van der Waals surface area contributed by atoms with Crippen molar-refractivity contribution >= 4 is 17.3 Å². The first-order valence-electron chi connectivity index (χ1n) is 5.44. The Labute approximate surface area is 102 Å². The summed E-state index contributed by atoms with van der Waals surface area (Å²) in [7, 11) is 0. The quantitative estimate of drug-likeness (QED) is 0.624. The van der Waals surface area contributed by atoms with E-state index in [-0.39, 0.29) is 0 Å². The Bertz CT molecular complexity index is 478. The second-order valence-corrected chi connectivity index (χ2v) is 5.18. The van der Waals surface area contributed by atoms with E-state index >= 15 is 0 Å². The van der Waals surface area contributed by atoms with Crippen LogP contribution in [0.5, 0.6) is 0 Å². The molecule has 82 valence electrons. The van der Waals surface area contributed by atoms with E-state index < -0.39 is 0 Å². The minimum atomic E-state index is 1.03. The molecule has 1 aliphatic heterocycles. The van der Waals surface area contributed by atoms with Crippen LogP contribution in [0.25, 0.3) is 5.57 Å². The molecule has 1 aliphatic rings. The molecule has 0 unspecified atom stereocenters. The normalized spacial score (nSPS) is 15.9. The third kappa shape index (κ3) is 2.48. The van der Waals surface area contributed by atoms with Crippen molar-refractivity contribution in [1.82, 2.24) is 0 Å². The van der Waals surface area contributed by atoms with Gasteiger partial charge in [-0.25, -0.2) is 0 Å². The molecule has 1 aromatic carbocycles. The maximum Gasteiger partial charge on any atom is 0.0166 e. The first kappa shape index (κ1) is 11.3. The SMILES string of the molecule is C=C1C=CC(C)=CCSc2cc(C)ccc21. The average molecular weight is 228 g/mol. The fraction of sp³-hybridized carbons (Fsp3) is 0.200. The second kappa shape index (κ2) is 4.75. The number of aryl methyl sites for hydroxylation is 1. The Kier molecular flexibility index (Phi) is 3.35. The van der Waals surface area contributed by atoms with Crippen LogP contribution >= 0.6 is 11.8 Å². The molecule has 0 amide bonds. The minimum absolute atomic E-state index is 1.03. The Morgan fingerprint density at radius 1 is 1.19 bits per heavy atom. The van der Waals surface area contributed by atoms with Gasteiger partial charge in [-0.05, 0) is 36.6 Å². The maximum absolute atomic E-state index is 4.14. The van der Waals surface area contributed by atoms with Gasteiger partial charge in [0.1, 0.15) is 0 Å². The highest BCUT2D eigenvalue weighted by Crippen LogP contribution is 2.30. The first-order chi connectivity index (χ1) is 7.66. The molecule has 16 heavy (non-hydrogen) atoms. The van der Waals surface area contributed by atoms with Gasteiger partial charge in [0.2, 0.25) is 0 Å². The molecule has 0 N–H and O–H groups in total. The highest BCUT2D eigenvalue weighted by molar-refractivity contribution is 7.99. The summed E-state index contributed by atoms with van der Waals surface area (Å²) in [5.41, 5.74) is 4.97. The monoisotopic (exact) mass is 228 g/mol. The summed E-state index contributed by atoms with van der Waals surface area (Å²) in [5.74, 6) is 1.03. The van der Waals surface area contributed by atoms with Gasteiger partial charge in [-0.3, -0.25) is 0 Å². The van der Waals surface area contributed by atoms with E-state index in [1.165, 1.54) is 21.6 Å². The molecule has 1 heterocycles. The number of allylic oxidation sites excluding steroid dienone is 4. The van der Waals surface area contributed by atoms with Crippen molar-refractivity contribution in [2.45, 2.75) is 18.7 Å². The molecule has 0 radical (unpaired) electrons. The predicted molar refractivity (Wildman–Crippen MR) is 73.8 cm³/mol. The van der Waals surface area contributed by atoms with Gasteiger partial charge in [0.15, 0.2) is 0 Å². The van der Waals surface area contributed by atoms with E-state index in [1.54, 1.807) is 0 Å². The number of benzene rings is 1. The molecule has 0 saturated carbocycles. The van der Waals surface area contributed by atoms with Crippen molar-refractivity contribution < 1.29 is 0 Å². The third-order valence-corrected chi connectivity index (χ3v) is 3.66. The van der Waals surface area contributed by atoms with E-state index in [4.69, 9.17) is 0 Å². The fourth-order valence-corrected chi connectivity index (χ4v) is 2.82. The largest absolute Gasteiger partial charge is 0.121 e. The topological polar surface area (TPSA) is 0 Å². The zero-order valence-electron chi connectivity index (χ0n) is 9.79. The molecule has 0 aromatic heterocycles. The number of thioether (sulfide) groups is 1. The molecule has 2 rings (SSSR count). The predicted octanol–water partition coefficient (Wildman–Crippen LogP) is 4.62. The highest BCUT2D eigenvalue weighted by atomic mass is 32.2. The van der Waals surface area contributed by atoms with Gasteiger partial charge in [-0.15, -0.1) is 11.8 Å². The van der Waals surface area contributed by atoms with Crippen LogP contribution < -0.4 is 0 Å². The molecular weight excluding hydrogens is 212 g/mol. The Morgan fingerprint density at radius 2 is 2.00 bits per heavy atom. The standard InChI is InChI=1S/C15H16S/c1-11-4-6-13(3)14-7-5-12(2)10-15(14)16-9-8-11/h4-8,10H,3,9H2,1-2H3. The molecule has 0 atom stereocenters. The van der Waals surface area contributed by atoms with E-state index in [9.17, 15) is 0 Å². The molecule has 0 fully saturated rings. The van der Waals surface area contributed by atoms with Gasteiger partial charge in [0.25, 0.3) is 0 Å². The molecule has 0 spiro atoms. The van der Waals surface area contributed by atoms with Crippen molar-refractivity contribution in [1.29, 1.82) is 0 Å². The van der Waals surface area contributed by atoms with Crippen molar-refractivity contribution in [2.75, 3.05) is 5.75 Å². The summed E-state index contributed by atoms with van der Waals surface area (Å²) in [5, 5.41) is 0. The fourth-order valence-electron chi connectivity index (χ4n) is 1.67.